The molecule has 0 spiro atoms. The van der Waals surface area contributed by atoms with Crippen molar-refractivity contribution in [2.45, 2.75) is 0 Å². The van der Waals surface area contributed by atoms with Crippen LogP contribution >= 0.6 is 15.9 Å². The number of halogens is 1. The fourth-order valence-corrected chi connectivity index (χ4v) is 2.11. The summed E-state index contributed by atoms with van der Waals surface area (Å²) in [5.41, 5.74) is 0.377. The lowest BCUT2D eigenvalue weighted by molar-refractivity contribution is 0.0955. The first-order valence-corrected chi connectivity index (χ1v) is 7.61. The lowest BCUT2D eigenvalue weighted by Crippen LogP contribution is -2.24. The highest BCUT2D eigenvalue weighted by Gasteiger charge is 2.11. The number of nitrogens with zero attached hydrogens (tertiary/aromatic N) is 1. The molecule has 0 aliphatic carbocycles. The average molecular weight is 375 g/mol. The van der Waals surface area contributed by atoms with E-state index in [9.17, 15) is 4.79 Å². The third-order valence-corrected chi connectivity index (χ3v) is 3.27. The average Bonchev–Trinajstić information content (AvgIpc) is 2.57. The van der Waals surface area contributed by atoms with E-state index < -0.39 is 0 Å². The van der Waals surface area contributed by atoms with E-state index in [4.69, 9.17) is 9.47 Å². The summed E-state index contributed by atoms with van der Waals surface area (Å²) < 4.78 is 11.5. The lowest BCUT2D eigenvalue weighted by Gasteiger charge is -2.05. The van der Waals surface area contributed by atoms with Crippen LogP contribution in [0.1, 0.15) is 10.4 Å². The molecule has 0 radical (unpaired) electrons. The van der Waals surface area contributed by atoms with Crippen LogP contribution in [0.3, 0.4) is 0 Å². The zero-order valence-electron chi connectivity index (χ0n) is 12.5. The minimum Gasteiger partial charge on any atom is -0.481 e. The van der Waals surface area contributed by atoms with E-state index in [1.54, 1.807) is 18.3 Å². The van der Waals surface area contributed by atoms with Crippen molar-refractivity contribution in [2.75, 3.05) is 20.3 Å². The van der Waals surface area contributed by atoms with Crippen molar-refractivity contribution in [1.29, 1.82) is 0 Å². The monoisotopic (exact) mass is 374 g/mol. The molecule has 0 unspecified atom stereocenters. The van der Waals surface area contributed by atoms with Crippen molar-refractivity contribution in [1.82, 2.24) is 10.3 Å². The fourth-order valence-electron chi connectivity index (χ4n) is 1.74. The number of pyridine rings is 1. The molecule has 6 heteroatoms. The predicted octanol–water partition coefficient (Wildman–Crippen LogP) is 2.66. The first kappa shape index (κ1) is 16.8. The van der Waals surface area contributed by atoms with Gasteiger partial charge in [-0.15, -0.1) is 0 Å². The molecule has 5 nitrogen and oxygen atoms in total. The normalized spacial score (nSPS) is 9.48. The first-order valence-electron chi connectivity index (χ1n) is 6.82. The van der Waals surface area contributed by atoms with Crippen LogP contribution in [0.2, 0.25) is 0 Å². The molecule has 1 aromatic heterocycles. The highest BCUT2D eigenvalue weighted by molar-refractivity contribution is 9.10. The third kappa shape index (κ3) is 5.31. The van der Waals surface area contributed by atoms with Crippen LogP contribution in [-0.2, 0) is 0 Å². The highest BCUT2D eigenvalue weighted by atomic mass is 79.9. The SMILES string of the molecule is COc1ncccc1C(=O)NCC#CCOc1cccc(Br)c1. The summed E-state index contributed by atoms with van der Waals surface area (Å²) >= 11 is 3.37. The number of hydrogen-bond donors (Lipinski definition) is 1. The van der Waals surface area contributed by atoms with Crippen molar-refractivity contribution in [3.8, 4) is 23.5 Å². The number of carbonyl (C=O) groups excluding carboxylic acids is 1. The van der Waals surface area contributed by atoms with Gasteiger partial charge in [0.1, 0.15) is 17.9 Å². The molecule has 1 aromatic carbocycles. The summed E-state index contributed by atoms with van der Waals surface area (Å²) in [6.45, 7) is 0.473. The maximum atomic E-state index is 12.0. The van der Waals surface area contributed by atoms with Crippen LogP contribution < -0.4 is 14.8 Å². The summed E-state index contributed by atoms with van der Waals surface area (Å²) in [4.78, 5) is 16.0. The van der Waals surface area contributed by atoms with Gasteiger partial charge in [0.25, 0.3) is 5.91 Å². The van der Waals surface area contributed by atoms with Gasteiger partial charge in [0.2, 0.25) is 5.88 Å². The van der Waals surface area contributed by atoms with Gasteiger partial charge in [0, 0.05) is 10.7 Å². The Kier molecular flexibility index (Phi) is 6.45. The Morgan fingerprint density at radius 3 is 2.96 bits per heavy atom. The molecular weight excluding hydrogens is 360 g/mol. The Morgan fingerprint density at radius 1 is 1.30 bits per heavy atom. The second-order valence-corrected chi connectivity index (χ2v) is 5.26. The maximum absolute atomic E-state index is 12.0. The molecule has 0 saturated carbocycles. The predicted molar refractivity (Wildman–Crippen MR) is 90.5 cm³/mol. The summed E-state index contributed by atoms with van der Waals surface area (Å²) in [5.74, 6) is 6.41. The number of methoxy groups -OCH3 is 1. The number of rotatable bonds is 5. The molecule has 118 valence electrons. The molecule has 0 atom stereocenters. The van der Waals surface area contributed by atoms with Crippen molar-refractivity contribution in [3.05, 3.63) is 52.6 Å². The Labute approximate surface area is 143 Å². The quantitative estimate of drug-likeness (QED) is 0.817. The highest BCUT2D eigenvalue weighted by Crippen LogP contribution is 2.17. The molecule has 1 heterocycles. The minimum atomic E-state index is -0.280. The first-order chi connectivity index (χ1) is 11.2. The second-order valence-electron chi connectivity index (χ2n) is 4.34. The van der Waals surface area contributed by atoms with Gasteiger partial charge in [-0.05, 0) is 30.3 Å². The van der Waals surface area contributed by atoms with Crippen molar-refractivity contribution >= 4 is 21.8 Å². The standard InChI is InChI=1S/C17H15BrN2O3/c1-22-17-15(8-5-10-20-17)16(21)19-9-2-3-11-23-14-7-4-6-13(18)12-14/h4-8,10,12H,9,11H2,1H3,(H,19,21). The molecule has 0 aliphatic rings. The van der Waals surface area contributed by atoms with Crippen molar-refractivity contribution in [3.63, 3.8) is 0 Å². The smallest absolute Gasteiger partial charge is 0.257 e. The molecule has 23 heavy (non-hydrogen) atoms. The Hall–Kier alpha value is -2.52. The number of hydrogen-bond acceptors (Lipinski definition) is 4. The molecule has 2 rings (SSSR count). The van der Waals surface area contributed by atoms with Crippen LogP contribution in [0.25, 0.3) is 0 Å². The van der Waals surface area contributed by atoms with Crippen LogP contribution in [0.4, 0.5) is 0 Å². The Morgan fingerprint density at radius 2 is 2.17 bits per heavy atom. The topological polar surface area (TPSA) is 60.5 Å². The number of carbonyl (C=O) groups is 1. The van der Waals surface area contributed by atoms with E-state index in [2.05, 4.69) is 38.1 Å². The van der Waals surface area contributed by atoms with Crippen LogP contribution in [0.5, 0.6) is 11.6 Å². The summed E-state index contributed by atoms with van der Waals surface area (Å²) in [6, 6.07) is 10.8. The molecule has 0 aliphatic heterocycles. The van der Waals surface area contributed by atoms with E-state index in [1.807, 2.05) is 24.3 Å². The number of ether oxygens (including phenoxy) is 2. The zero-order valence-corrected chi connectivity index (χ0v) is 14.1. The molecule has 0 fully saturated rings. The van der Waals surface area contributed by atoms with E-state index in [0.29, 0.717) is 5.56 Å². The van der Waals surface area contributed by atoms with E-state index in [-0.39, 0.29) is 24.9 Å². The van der Waals surface area contributed by atoms with Crippen LogP contribution in [-0.4, -0.2) is 31.2 Å². The number of nitrogens with one attached hydrogen (secondary N) is 1. The zero-order chi connectivity index (χ0) is 16.5. The number of aromatic nitrogens is 1. The van der Waals surface area contributed by atoms with Gasteiger partial charge >= 0.3 is 0 Å². The van der Waals surface area contributed by atoms with E-state index in [1.165, 1.54) is 7.11 Å². The molecule has 0 bridgehead atoms. The summed E-state index contributed by atoms with van der Waals surface area (Å²) in [5, 5.41) is 2.69. The van der Waals surface area contributed by atoms with Crippen LogP contribution in [0.15, 0.2) is 47.1 Å². The fraction of sp³-hybridized carbons (Fsp3) is 0.176. The van der Waals surface area contributed by atoms with Gasteiger partial charge in [0.15, 0.2) is 0 Å². The maximum Gasteiger partial charge on any atom is 0.257 e. The number of amides is 1. The van der Waals surface area contributed by atoms with E-state index in [0.717, 1.165) is 10.2 Å². The van der Waals surface area contributed by atoms with Gasteiger partial charge in [-0.1, -0.05) is 33.8 Å². The third-order valence-electron chi connectivity index (χ3n) is 2.78. The number of benzene rings is 1. The minimum absolute atomic E-state index is 0.221. The molecule has 2 aromatic rings. The van der Waals surface area contributed by atoms with E-state index >= 15 is 0 Å². The Bertz CT molecular complexity index is 738. The van der Waals surface area contributed by atoms with Gasteiger partial charge < -0.3 is 14.8 Å². The molecule has 1 amide bonds. The summed E-state index contributed by atoms with van der Waals surface area (Å²) in [6.07, 6.45) is 1.56. The lowest BCUT2D eigenvalue weighted by atomic mass is 10.2. The van der Waals surface area contributed by atoms with Gasteiger partial charge in [-0.25, -0.2) is 4.98 Å². The molecule has 0 saturated heterocycles. The van der Waals surface area contributed by atoms with Gasteiger partial charge in [0.05, 0.1) is 13.7 Å². The molecular formula is C17H15BrN2O3. The second kappa shape index (κ2) is 8.81. The Balaban J connectivity index is 1.78. The summed E-state index contributed by atoms with van der Waals surface area (Å²) in [7, 11) is 1.47. The van der Waals surface area contributed by atoms with Gasteiger partial charge in [-0.3, -0.25) is 4.79 Å². The van der Waals surface area contributed by atoms with Crippen LogP contribution in [0, 0.1) is 11.8 Å². The molecule has 1 N–H and O–H groups in total. The van der Waals surface area contributed by atoms with Crippen molar-refractivity contribution in [2.24, 2.45) is 0 Å². The van der Waals surface area contributed by atoms with Crippen molar-refractivity contribution < 1.29 is 14.3 Å². The largest absolute Gasteiger partial charge is 0.481 e. The van der Waals surface area contributed by atoms with Gasteiger partial charge in [-0.2, -0.15) is 0 Å².